The van der Waals surface area contributed by atoms with E-state index in [1.807, 2.05) is 43.3 Å². The summed E-state index contributed by atoms with van der Waals surface area (Å²) in [6.07, 6.45) is 3.18. The molecular formula is C23H27N3O2. The Labute approximate surface area is 166 Å². The summed E-state index contributed by atoms with van der Waals surface area (Å²) in [5.41, 5.74) is 3.22. The second-order valence-electron chi connectivity index (χ2n) is 6.92. The largest absolute Gasteiger partial charge is 0.494 e. The highest BCUT2D eigenvalue weighted by Crippen LogP contribution is 2.22. The summed E-state index contributed by atoms with van der Waals surface area (Å²) in [5.74, 6) is 1.57. The average Bonchev–Trinajstić information content (AvgIpc) is 3.06. The first kappa shape index (κ1) is 19.7. The van der Waals surface area contributed by atoms with Crippen LogP contribution in [0.25, 0.3) is 11.0 Å². The molecule has 5 nitrogen and oxygen atoms in total. The van der Waals surface area contributed by atoms with Crippen LogP contribution in [0.3, 0.4) is 0 Å². The van der Waals surface area contributed by atoms with Crippen LogP contribution in [0.2, 0.25) is 0 Å². The first-order chi connectivity index (χ1) is 13.6. The molecule has 1 aromatic heterocycles. The number of para-hydroxylation sites is 2. The van der Waals surface area contributed by atoms with Crippen molar-refractivity contribution in [2.75, 3.05) is 6.61 Å². The minimum Gasteiger partial charge on any atom is -0.494 e. The summed E-state index contributed by atoms with van der Waals surface area (Å²) in [7, 11) is 0. The molecule has 2 aromatic carbocycles. The number of ether oxygens (including phenoxy) is 1. The van der Waals surface area contributed by atoms with Crippen molar-refractivity contribution < 1.29 is 9.53 Å². The van der Waals surface area contributed by atoms with Crippen LogP contribution in [-0.4, -0.2) is 22.1 Å². The number of aryl methyl sites for hydroxylation is 2. The van der Waals surface area contributed by atoms with Crippen LogP contribution in [0.1, 0.15) is 37.2 Å². The average molecular weight is 377 g/mol. The summed E-state index contributed by atoms with van der Waals surface area (Å²) < 4.78 is 8.04. The van der Waals surface area contributed by atoms with E-state index in [0.29, 0.717) is 6.61 Å². The highest BCUT2D eigenvalue weighted by atomic mass is 16.5. The van der Waals surface area contributed by atoms with E-state index in [-0.39, 0.29) is 11.9 Å². The molecule has 0 bridgehead atoms. The predicted octanol–water partition coefficient (Wildman–Crippen LogP) is 4.57. The number of aromatic nitrogens is 2. The third-order valence-corrected chi connectivity index (χ3v) is 4.65. The third-order valence-electron chi connectivity index (χ3n) is 4.65. The topological polar surface area (TPSA) is 56.2 Å². The quantitative estimate of drug-likeness (QED) is 0.439. The Bertz CT molecular complexity index is 961. The molecule has 0 radical (unpaired) electrons. The first-order valence-electron chi connectivity index (χ1n) is 9.66. The number of hydrogen-bond donors (Lipinski definition) is 1. The van der Waals surface area contributed by atoms with E-state index in [4.69, 9.17) is 9.72 Å². The van der Waals surface area contributed by atoms with Crippen molar-refractivity contribution >= 4 is 16.9 Å². The monoisotopic (exact) mass is 377 g/mol. The molecule has 28 heavy (non-hydrogen) atoms. The molecule has 0 spiro atoms. The fourth-order valence-corrected chi connectivity index (χ4v) is 3.26. The number of nitrogens with zero attached hydrogens (tertiary/aromatic N) is 2. The lowest BCUT2D eigenvalue weighted by atomic mass is 10.2. The van der Waals surface area contributed by atoms with Crippen LogP contribution in [0.4, 0.5) is 0 Å². The van der Waals surface area contributed by atoms with Crippen molar-refractivity contribution in [1.82, 2.24) is 14.9 Å². The zero-order chi connectivity index (χ0) is 19.9. The number of nitrogens with one attached hydrogen (secondary N) is 1. The molecule has 0 aliphatic heterocycles. The van der Waals surface area contributed by atoms with Gasteiger partial charge >= 0.3 is 0 Å². The second-order valence-corrected chi connectivity index (χ2v) is 6.92. The van der Waals surface area contributed by atoms with Gasteiger partial charge in [0.2, 0.25) is 5.91 Å². The molecule has 5 heteroatoms. The summed E-state index contributed by atoms with van der Waals surface area (Å²) in [6.45, 7) is 9.02. The Balaban J connectivity index is 1.65. The number of unbranched alkanes of at least 4 members (excludes halogenated alkanes) is 1. The van der Waals surface area contributed by atoms with E-state index >= 15 is 0 Å². The number of benzene rings is 2. The van der Waals surface area contributed by atoms with E-state index < -0.39 is 0 Å². The molecule has 146 valence electrons. The Morgan fingerprint density at radius 3 is 2.86 bits per heavy atom. The highest BCUT2D eigenvalue weighted by molar-refractivity contribution is 5.87. The van der Waals surface area contributed by atoms with Crippen molar-refractivity contribution in [2.45, 2.75) is 39.3 Å². The number of imidazole rings is 1. The Morgan fingerprint density at radius 1 is 1.25 bits per heavy atom. The minimum atomic E-state index is -0.197. The van der Waals surface area contributed by atoms with Crippen LogP contribution >= 0.6 is 0 Å². The second kappa shape index (κ2) is 9.22. The minimum absolute atomic E-state index is 0.193. The number of hydrogen-bond acceptors (Lipinski definition) is 3. The number of carbonyl (C=O) groups excluding carboxylic acids is 1. The SMILES string of the molecule is C=CC(=O)NC(C)c1nc2ccccc2n1CCCCOc1cccc(C)c1. The summed E-state index contributed by atoms with van der Waals surface area (Å²) >= 11 is 0. The summed E-state index contributed by atoms with van der Waals surface area (Å²) in [5, 5.41) is 2.91. The van der Waals surface area contributed by atoms with Gasteiger partial charge in [0.05, 0.1) is 23.7 Å². The Kier molecular flexibility index (Phi) is 6.48. The molecule has 1 N–H and O–H groups in total. The van der Waals surface area contributed by atoms with Gasteiger partial charge < -0.3 is 14.6 Å². The van der Waals surface area contributed by atoms with E-state index in [9.17, 15) is 4.79 Å². The summed E-state index contributed by atoms with van der Waals surface area (Å²) in [4.78, 5) is 16.4. The lowest BCUT2D eigenvalue weighted by Crippen LogP contribution is -2.27. The van der Waals surface area contributed by atoms with Gasteiger partial charge in [0.1, 0.15) is 11.6 Å². The van der Waals surface area contributed by atoms with Crippen LogP contribution in [0.15, 0.2) is 61.2 Å². The predicted molar refractivity (Wildman–Crippen MR) is 112 cm³/mol. The van der Waals surface area contributed by atoms with Crippen molar-refractivity contribution in [3.8, 4) is 5.75 Å². The zero-order valence-corrected chi connectivity index (χ0v) is 16.5. The molecule has 1 amide bonds. The molecule has 0 aliphatic rings. The van der Waals surface area contributed by atoms with Crippen LogP contribution in [0, 0.1) is 6.92 Å². The van der Waals surface area contributed by atoms with Gasteiger partial charge in [0, 0.05) is 6.54 Å². The van der Waals surface area contributed by atoms with Gasteiger partial charge in [-0.15, -0.1) is 0 Å². The van der Waals surface area contributed by atoms with Crippen LogP contribution in [-0.2, 0) is 11.3 Å². The third kappa shape index (κ3) is 4.80. The molecule has 1 heterocycles. The van der Waals surface area contributed by atoms with Gasteiger partial charge in [-0.2, -0.15) is 0 Å². The Morgan fingerprint density at radius 2 is 2.07 bits per heavy atom. The van der Waals surface area contributed by atoms with Crippen LogP contribution in [0.5, 0.6) is 5.75 Å². The maximum Gasteiger partial charge on any atom is 0.243 e. The maximum atomic E-state index is 11.7. The molecule has 0 fully saturated rings. The van der Waals surface area contributed by atoms with E-state index in [0.717, 1.165) is 42.0 Å². The standard InChI is InChI=1S/C23H27N3O2/c1-4-22(27)24-18(3)23-25-20-12-5-6-13-21(20)26(23)14-7-8-15-28-19-11-9-10-17(2)16-19/h4-6,9-13,16,18H,1,7-8,14-15H2,2-3H3,(H,24,27). The fraction of sp³-hybridized carbons (Fsp3) is 0.304. The maximum absolute atomic E-state index is 11.7. The number of amides is 1. The van der Waals surface area contributed by atoms with Gasteiger partial charge in [-0.1, -0.05) is 30.8 Å². The number of fused-ring (bicyclic) bond motifs is 1. The molecular weight excluding hydrogens is 350 g/mol. The molecule has 0 saturated carbocycles. The van der Waals surface area contributed by atoms with Gasteiger partial charge in [-0.3, -0.25) is 4.79 Å². The highest BCUT2D eigenvalue weighted by Gasteiger charge is 2.17. The van der Waals surface area contributed by atoms with E-state index in [2.05, 4.69) is 35.5 Å². The van der Waals surface area contributed by atoms with Crippen LogP contribution < -0.4 is 10.1 Å². The molecule has 1 unspecified atom stereocenters. The van der Waals surface area contributed by atoms with E-state index in [1.165, 1.54) is 11.6 Å². The molecule has 0 aliphatic carbocycles. The Hall–Kier alpha value is -3.08. The van der Waals surface area contributed by atoms with Crippen molar-refractivity contribution in [3.05, 3.63) is 72.6 Å². The first-order valence-corrected chi connectivity index (χ1v) is 9.66. The fourth-order valence-electron chi connectivity index (χ4n) is 3.26. The smallest absolute Gasteiger partial charge is 0.243 e. The van der Waals surface area contributed by atoms with Gasteiger partial charge in [-0.25, -0.2) is 4.98 Å². The van der Waals surface area contributed by atoms with E-state index in [1.54, 1.807) is 0 Å². The number of carbonyl (C=O) groups is 1. The molecule has 0 saturated heterocycles. The molecule has 3 rings (SSSR count). The van der Waals surface area contributed by atoms with Crippen molar-refractivity contribution in [1.29, 1.82) is 0 Å². The van der Waals surface area contributed by atoms with Gasteiger partial charge in [-0.05, 0) is 62.6 Å². The lowest BCUT2D eigenvalue weighted by Gasteiger charge is -2.15. The zero-order valence-electron chi connectivity index (χ0n) is 16.5. The molecule has 3 aromatic rings. The van der Waals surface area contributed by atoms with Gasteiger partial charge in [0.15, 0.2) is 0 Å². The van der Waals surface area contributed by atoms with Crippen molar-refractivity contribution in [2.24, 2.45) is 0 Å². The summed E-state index contributed by atoms with van der Waals surface area (Å²) in [6, 6.07) is 16.0. The van der Waals surface area contributed by atoms with Gasteiger partial charge in [0.25, 0.3) is 0 Å². The lowest BCUT2D eigenvalue weighted by molar-refractivity contribution is -0.117. The van der Waals surface area contributed by atoms with Crippen molar-refractivity contribution in [3.63, 3.8) is 0 Å². The molecule has 1 atom stereocenters. The normalized spacial score (nSPS) is 11.9. The number of rotatable bonds is 9.